The molecular weight excluding hydrogens is 949 g/mol. The molecule has 0 fully saturated rings. The highest BCUT2D eigenvalue weighted by Gasteiger charge is 2.19. The molecule has 0 amide bonds. The third kappa shape index (κ3) is 62.5. The van der Waals surface area contributed by atoms with Crippen LogP contribution in [0.25, 0.3) is 0 Å². The van der Waals surface area contributed by atoms with Crippen molar-refractivity contribution in [2.75, 3.05) is 13.2 Å². The second-order valence-corrected chi connectivity index (χ2v) is 20.9. The van der Waals surface area contributed by atoms with Crippen LogP contribution in [0.5, 0.6) is 0 Å². The second kappa shape index (κ2) is 64.3. The van der Waals surface area contributed by atoms with Gasteiger partial charge in [0.05, 0.1) is 0 Å². The van der Waals surface area contributed by atoms with Crippen molar-refractivity contribution >= 4 is 17.9 Å². The molecule has 0 spiro atoms. The first-order valence-electron chi connectivity index (χ1n) is 32.0. The predicted molar refractivity (Wildman–Crippen MR) is 334 cm³/mol. The third-order valence-electron chi connectivity index (χ3n) is 13.4. The predicted octanol–water partition coefficient (Wildman–Crippen LogP) is 22.0. The molecule has 0 saturated heterocycles. The third-order valence-corrected chi connectivity index (χ3v) is 13.4. The highest BCUT2D eigenvalue weighted by atomic mass is 16.6. The van der Waals surface area contributed by atoms with Crippen molar-refractivity contribution in [1.82, 2.24) is 0 Å². The summed E-state index contributed by atoms with van der Waals surface area (Å²) < 4.78 is 16.8. The standard InChI is InChI=1S/C71H118O6/c1-4-7-10-13-16-19-22-24-26-27-28-29-30-31-32-33-34-35-36-37-38-39-40-41-42-43-44-45-46-48-49-52-55-58-61-64-70(73)76-67-68(66-75-69(72)63-60-57-54-51-21-18-15-12-9-6-3)77-71(74)65-62-59-56-53-50-47-25-23-20-17-14-11-8-5-2/h7,10,12,15-16,19,23-26,28-29,31-32,34-35,37-38,40-41,68H,4-6,8-9,11,13-14,17-18,20-22,27,30,33,36,39,42-67H2,1-3H3/b10-7-,15-12-,19-16-,25-23-,26-24-,29-28-,32-31-,35-34-,38-37-,41-40-. The Balaban J connectivity index is 4.16. The lowest BCUT2D eigenvalue weighted by Crippen LogP contribution is -2.30. The monoisotopic (exact) mass is 1070 g/mol. The zero-order valence-electron chi connectivity index (χ0n) is 50.2. The number of carbonyl (C=O) groups excluding carboxylic acids is 3. The average molecular weight is 1070 g/mol. The largest absolute Gasteiger partial charge is 0.462 e. The van der Waals surface area contributed by atoms with E-state index in [9.17, 15) is 14.4 Å². The van der Waals surface area contributed by atoms with Gasteiger partial charge in [0.25, 0.3) is 0 Å². The SMILES string of the molecule is CC/C=C\C/C=C\C/C=C\C/C=C\C/C=C\C/C=C\C/C=C\C/C=C\CCCCCCCCCCCCC(=O)OCC(COC(=O)CCCCCCC/C=C\CCC)OC(=O)CCCCCCC/C=C\CCCCCCC. The summed E-state index contributed by atoms with van der Waals surface area (Å²) in [7, 11) is 0. The number of unbranched alkanes of at least 4 members (excludes halogenated alkanes) is 26. The molecule has 1 atom stereocenters. The van der Waals surface area contributed by atoms with Crippen LogP contribution in [0, 0.1) is 0 Å². The molecule has 438 valence electrons. The minimum absolute atomic E-state index is 0.0865. The minimum Gasteiger partial charge on any atom is -0.462 e. The van der Waals surface area contributed by atoms with Crippen molar-refractivity contribution in [3.05, 3.63) is 122 Å². The Morgan fingerprint density at radius 1 is 0.273 bits per heavy atom. The van der Waals surface area contributed by atoms with Crippen LogP contribution in [-0.4, -0.2) is 37.2 Å². The molecule has 0 saturated carbocycles. The molecule has 0 aliphatic rings. The number of carbonyl (C=O) groups is 3. The van der Waals surface area contributed by atoms with E-state index in [1.807, 2.05) is 0 Å². The van der Waals surface area contributed by atoms with Crippen molar-refractivity contribution in [1.29, 1.82) is 0 Å². The van der Waals surface area contributed by atoms with E-state index in [-0.39, 0.29) is 31.1 Å². The average Bonchev–Trinajstić information content (AvgIpc) is 3.43. The van der Waals surface area contributed by atoms with Crippen molar-refractivity contribution in [2.24, 2.45) is 0 Å². The summed E-state index contributed by atoms with van der Waals surface area (Å²) >= 11 is 0. The van der Waals surface area contributed by atoms with E-state index in [1.165, 1.54) is 116 Å². The highest BCUT2D eigenvalue weighted by molar-refractivity contribution is 5.71. The number of hydrogen-bond donors (Lipinski definition) is 0. The first kappa shape index (κ1) is 72.8. The fraction of sp³-hybridized carbons (Fsp3) is 0.676. The summed E-state index contributed by atoms with van der Waals surface area (Å²) in [5, 5.41) is 0. The van der Waals surface area contributed by atoms with E-state index < -0.39 is 6.10 Å². The van der Waals surface area contributed by atoms with Crippen LogP contribution >= 0.6 is 0 Å². The van der Waals surface area contributed by atoms with E-state index >= 15 is 0 Å². The highest BCUT2D eigenvalue weighted by Crippen LogP contribution is 2.15. The number of allylic oxidation sites excluding steroid dienone is 20. The summed E-state index contributed by atoms with van der Waals surface area (Å²) in [5.41, 5.74) is 0. The lowest BCUT2D eigenvalue weighted by Gasteiger charge is -2.18. The molecular formula is C71H118O6. The Hall–Kier alpha value is -4.19. The minimum atomic E-state index is -0.788. The summed E-state index contributed by atoms with van der Waals surface area (Å²) in [6.07, 6.45) is 89.3. The maximum absolute atomic E-state index is 12.8. The molecule has 6 heteroatoms. The molecule has 0 aliphatic heterocycles. The van der Waals surface area contributed by atoms with Gasteiger partial charge < -0.3 is 14.2 Å². The molecule has 0 heterocycles. The summed E-state index contributed by atoms with van der Waals surface area (Å²) in [6, 6.07) is 0. The fourth-order valence-electron chi connectivity index (χ4n) is 8.63. The van der Waals surface area contributed by atoms with Gasteiger partial charge in [-0.15, -0.1) is 0 Å². The molecule has 0 aromatic carbocycles. The van der Waals surface area contributed by atoms with E-state index in [0.717, 1.165) is 135 Å². The van der Waals surface area contributed by atoms with Crippen molar-refractivity contribution in [2.45, 2.75) is 297 Å². The van der Waals surface area contributed by atoms with Gasteiger partial charge in [-0.05, 0) is 128 Å². The molecule has 0 aliphatic carbocycles. The van der Waals surface area contributed by atoms with Crippen molar-refractivity contribution < 1.29 is 28.6 Å². The number of hydrogen-bond acceptors (Lipinski definition) is 6. The van der Waals surface area contributed by atoms with Gasteiger partial charge in [0.1, 0.15) is 13.2 Å². The molecule has 0 aromatic rings. The van der Waals surface area contributed by atoms with Crippen molar-refractivity contribution in [3.8, 4) is 0 Å². The smallest absolute Gasteiger partial charge is 0.306 e. The van der Waals surface area contributed by atoms with Gasteiger partial charge in [0, 0.05) is 19.3 Å². The first-order chi connectivity index (χ1) is 38.0. The fourth-order valence-corrected chi connectivity index (χ4v) is 8.63. The summed E-state index contributed by atoms with van der Waals surface area (Å²) in [4.78, 5) is 38.1. The van der Waals surface area contributed by atoms with E-state index in [2.05, 4.69) is 142 Å². The molecule has 0 radical (unpaired) electrons. The van der Waals surface area contributed by atoms with E-state index in [0.29, 0.717) is 19.3 Å². The number of rotatable bonds is 57. The van der Waals surface area contributed by atoms with Gasteiger partial charge in [-0.25, -0.2) is 0 Å². The van der Waals surface area contributed by atoms with Crippen LogP contribution in [-0.2, 0) is 28.6 Å². The van der Waals surface area contributed by atoms with Crippen LogP contribution in [0.4, 0.5) is 0 Å². The zero-order chi connectivity index (χ0) is 55.7. The molecule has 0 aromatic heterocycles. The quantitative estimate of drug-likeness (QED) is 0.0261. The van der Waals surface area contributed by atoms with Crippen LogP contribution < -0.4 is 0 Å². The topological polar surface area (TPSA) is 78.9 Å². The lowest BCUT2D eigenvalue weighted by molar-refractivity contribution is -0.167. The van der Waals surface area contributed by atoms with E-state index in [1.54, 1.807) is 0 Å². The maximum atomic E-state index is 12.8. The second-order valence-electron chi connectivity index (χ2n) is 20.9. The molecule has 0 rings (SSSR count). The Kier molecular flexibility index (Phi) is 60.8. The molecule has 1 unspecified atom stereocenters. The molecule has 0 bridgehead atoms. The Labute approximate surface area is 475 Å². The normalized spacial score (nSPS) is 12.9. The van der Waals surface area contributed by atoms with Crippen LogP contribution in [0.3, 0.4) is 0 Å². The summed E-state index contributed by atoms with van der Waals surface area (Å²) in [5.74, 6) is -0.908. The molecule has 6 nitrogen and oxygen atoms in total. The maximum Gasteiger partial charge on any atom is 0.306 e. The Morgan fingerprint density at radius 2 is 0.532 bits per heavy atom. The van der Waals surface area contributed by atoms with Gasteiger partial charge in [-0.1, -0.05) is 264 Å². The van der Waals surface area contributed by atoms with Gasteiger partial charge in [-0.3, -0.25) is 14.4 Å². The Morgan fingerprint density at radius 3 is 0.857 bits per heavy atom. The van der Waals surface area contributed by atoms with Crippen LogP contribution in [0.15, 0.2) is 122 Å². The number of ether oxygens (including phenoxy) is 3. The van der Waals surface area contributed by atoms with Gasteiger partial charge in [-0.2, -0.15) is 0 Å². The Bertz CT molecular complexity index is 1600. The number of esters is 3. The first-order valence-corrected chi connectivity index (χ1v) is 32.0. The van der Waals surface area contributed by atoms with Crippen LogP contribution in [0.1, 0.15) is 290 Å². The zero-order valence-corrected chi connectivity index (χ0v) is 50.2. The molecule has 0 N–H and O–H groups in total. The molecule has 77 heavy (non-hydrogen) atoms. The van der Waals surface area contributed by atoms with Crippen molar-refractivity contribution in [3.63, 3.8) is 0 Å². The van der Waals surface area contributed by atoms with E-state index in [4.69, 9.17) is 14.2 Å². The van der Waals surface area contributed by atoms with Crippen LogP contribution in [0.2, 0.25) is 0 Å². The van der Waals surface area contributed by atoms with Gasteiger partial charge >= 0.3 is 17.9 Å². The summed E-state index contributed by atoms with van der Waals surface area (Å²) in [6.45, 7) is 6.44. The van der Waals surface area contributed by atoms with Gasteiger partial charge in [0.2, 0.25) is 0 Å². The lowest BCUT2D eigenvalue weighted by atomic mass is 10.1. The van der Waals surface area contributed by atoms with Gasteiger partial charge in [0.15, 0.2) is 6.10 Å².